The largest absolute Gasteiger partial charge is 0.377 e. The fourth-order valence-corrected chi connectivity index (χ4v) is 3.19. The molecule has 0 bridgehead atoms. The van der Waals surface area contributed by atoms with Gasteiger partial charge in [-0.3, -0.25) is 0 Å². The van der Waals surface area contributed by atoms with E-state index in [1.54, 1.807) is 0 Å². The Hall–Kier alpha value is -0.900. The van der Waals surface area contributed by atoms with Gasteiger partial charge in [0.05, 0.1) is 6.10 Å². The van der Waals surface area contributed by atoms with Gasteiger partial charge >= 0.3 is 0 Å². The first-order chi connectivity index (χ1) is 9.19. The number of ether oxygens (including phenoxy) is 1. The molecule has 0 amide bonds. The molecule has 2 aliphatic rings. The van der Waals surface area contributed by atoms with E-state index in [2.05, 4.69) is 48.7 Å². The van der Waals surface area contributed by atoms with Crippen molar-refractivity contribution < 1.29 is 4.74 Å². The Morgan fingerprint density at radius 1 is 1.42 bits per heavy atom. The van der Waals surface area contributed by atoms with Crippen LogP contribution < -0.4 is 10.6 Å². The Kier molecular flexibility index (Phi) is 3.61. The summed E-state index contributed by atoms with van der Waals surface area (Å²) in [5.41, 5.74) is 3.08. The van der Waals surface area contributed by atoms with Crippen LogP contribution in [0.15, 0.2) is 24.3 Å². The molecule has 2 N–H and O–H groups in total. The van der Waals surface area contributed by atoms with E-state index >= 15 is 0 Å². The maximum absolute atomic E-state index is 5.70. The van der Waals surface area contributed by atoms with Crippen molar-refractivity contribution in [2.45, 2.75) is 44.4 Å². The van der Waals surface area contributed by atoms with Crippen molar-refractivity contribution in [2.24, 2.45) is 0 Å². The third-order valence-corrected chi connectivity index (χ3v) is 4.84. The Morgan fingerprint density at radius 2 is 2.26 bits per heavy atom. The second kappa shape index (κ2) is 5.23. The molecule has 0 saturated carbocycles. The SMILES string of the molecule is CC1OCCC1(C)NCC1CNCc2ccccc21. The molecule has 1 saturated heterocycles. The van der Waals surface area contributed by atoms with Gasteiger partial charge in [0.1, 0.15) is 0 Å². The van der Waals surface area contributed by atoms with Crippen molar-refractivity contribution in [2.75, 3.05) is 19.7 Å². The van der Waals surface area contributed by atoms with Gasteiger partial charge in [0, 0.05) is 37.7 Å². The maximum atomic E-state index is 5.70. The van der Waals surface area contributed by atoms with Crippen LogP contribution in [0.25, 0.3) is 0 Å². The lowest BCUT2D eigenvalue weighted by molar-refractivity contribution is 0.0881. The van der Waals surface area contributed by atoms with Gasteiger partial charge in [0.25, 0.3) is 0 Å². The first-order valence-electron chi connectivity index (χ1n) is 7.34. The van der Waals surface area contributed by atoms with Gasteiger partial charge in [-0.15, -0.1) is 0 Å². The summed E-state index contributed by atoms with van der Waals surface area (Å²) in [5, 5.41) is 7.27. The molecule has 104 valence electrons. The minimum Gasteiger partial charge on any atom is -0.377 e. The zero-order valence-electron chi connectivity index (χ0n) is 11.9. The van der Waals surface area contributed by atoms with Gasteiger partial charge < -0.3 is 15.4 Å². The molecular formula is C16H24N2O. The highest BCUT2D eigenvalue weighted by atomic mass is 16.5. The molecule has 3 nitrogen and oxygen atoms in total. The fourth-order valence-electron chi connectivity index (χ4n) is 3.19. The monoisotopic (exact) mass is 260 g/mol. The van der Waals surface area contributed by atoms with E-state index < -0.39 is 0 Å². The lowest BCUT2D eigenvalue weighted by Gasteiger charge is -2.33. The number of hydrogen-bond acceptors (Lipinski definition) is 3. The third kappa shape index (κ3) is 2.55. The van der Waals surface area contributed by atoms with E-state index in [-0.39, 0.29) is 5.54 Å². The van der Waals surface area contributed by atoms with Crippen molar-refractivity contribution >= 4 is 0 Å². The van der Waals surface area contributed by atoms with Gasteiger partial charge in [0.2, 0.25) is 0 Å². The average Bonchev–Trinajstić information content (AvgIpc) is 2.77. The smallest absolute Gasteiger partial charge is 0.0726 e. The summed E-state index contributed by atoms with van der Waals surface area (Å²) in [6.45, 7) is 8.43. The second-order valence-electron chi connectivity index (χ2n) is 6.09. The van der Waals surface area contributed by atoms with Crippen LogP contribution >= 0.6 is 0 Å². The van der Waals surface area contributed by atoms with E-state index in [4.69, 9.17) is 4.74 Å². The van der Waals surface area contributed by atoms with Gasteiger partial charge in [-0.2, -0.15) is 0 Å². The lowest BCUT2D eigenvalue weighted by atomic mass is 9.88. The fraction of sp³-hybridized carbons (Fsp3) is 0.625. The quantitative estimate of drug-likeness (QED) is 0.872. The summed E-state index contributed by atoms with van der Waals surface area (Å²) in [4.78, 5) is 0. The molecule has 0 aliphatic carbocycles. The van der Waals surface area contributed by atoms with Crippen molar-refractivity contribution in [3.63, 3.8) is 0 Å². The topological polar surface area (TPSA) is 33.3 Å². The number of fused-ring (bicyclic) bond motifs is 1. The van der Waals surface area contributed by atoms with Crippen LogP contribution in [0.3, 0.4) is 0 Å². The predicted molar refractivity (Wildman–Crippen MR) is 77.3 cm³/mol. The van der Waals surface area contributed by atoms with Gasteiger partial charge in [0.15, 0.2) is 0 Å². The molecule has 1 aromatic carbocycles. The highest BCUT2D eigenvalue weighted by molar-refractivity contribution is 5.33. The highest BCUT2D eigenvalue weighted by Crippen LogP contribution is 2.28. The standard InChI is InChI=1S/C16H24N2O/c1-12-16(2,7-8-19-12)18-11-14-10-17-9-13-5-3-4-6-15(13)14/h3-6,12,14,17-18H,7-11H2,1-2H3. The van der Waals surface area contributed by atoms with E-state index in [9.17, 15) is 0 Å². The van der Waals surface area contributed by atoms with Crippen LogP contribution in [-0.2, 0) is 11.3 Å². The molecule has 2 aliphatic heterocycles. The molecule has 0 spiro atoms. The van der Waals surface area contributed by atoms with Crippen LogP contribution in [0.5, 0.6) is 0 Å². The van der Waals surface area contributed by atoms with Gasteiger partial charge in [-0.1, -0.05) is 24.3 Å². The second-order valence-corrected chi connectivity index (χ2v) is 6.09. The molecular weight excluding hydrogens is 236 g/mol. The molecule has 0 aromatic heterocycles. The van der Waals surface area contributed by atoms with Gasteiger partial charge in [-0.05, 0) is 31.4 Å². The summed E-state index contributed by atoms with van der Waals surface area (Å²) < 4.78 is 5.70. The summed E-state index contributed by atoms with van der Waals surface area (Å²) in [6, 6.07) is 8.79. The van der Waals surface area contributed by atoms with E-state index in [0.29, 0.717) is 12.0 Å². The molecule has 3 unspecified atom stereocenters. The molecule has 1 fully saturated rings. The summed E-state index contributed by atoms with van der Waals surface area (Å²) in [5.74, 6) is 0.564. The number of nitrogens with one attached hydrogen (secondary N) is 2. The minimum atomic E-state index is 0.131. The van der Waals surface area contributed by atoms with Crippen LogP contribution in [0, 0.1) is 0 Å². The summed E-state index contributed by atoms with van der Waals surface area (Å²) in [7, 11) is 0. The first kappa shape index (κ1) is 13.1. The van der Waals surface area contributed by atoms with Crippen LogP contribution in [0.4, 0.5) is 0 Å². The molecule has 2 heterocycles. The van der Waals surface area contributed by atoms with Crippen LogP contribution in [-0.4, -0.2) is 31.3 Å². The molecule has 3 atom stereocenters. The zero-order valence-corrected chi connectivity index (χ0v) is 11.9. The number of rotatable bonds is 3. The van der Waals surface area contributed by atoms with Crippen LogP contribution in [0.2, 0.25) is 0 Å². The Labute approximate surface area is 115 Å². The van der Waals surface area contributed by atoms with Crippen molar-refractivity contribution in [1.82, 2.24) is 10.6 Å². The Bertz CT molecular complexity index is 448. The molecule has 3 rings (SSSR count). The predicted octanol–water partition coefficient (Wildman–Crippen LogP) is 2.03. The average molecular weight is 260 g/mol. The van der Waals surface area contributed by atoms with E-state index in [1.165, 1.54) is 11.1 Å². The van der Waals surface area contributed by atoms with E-state index in [0.717, 1.165) is 32.7 Å². The van der Waals surface area contributed by atoms with Crippen molar-refractivity contribution in [3.05, 3.63) is 35.4 Å². The maximum Gasteiger partial charge on any atom is 0.0726 e. The highest BCUT2D eigenvalue weighted by Gasteiger charge is 2.37. The minimum absolute atomic E-state index is 0.131. The molecule has 0 radical (unpaired) electrons. The molecule has 3 heteroatoms. The molecule has 1 aromatic rings. The number of hydrogen-bond donors (Lipinski definition) is 2. The van der Waals surface area contributed by atoms with Crippen molar-refractivity contribution in [1.29, 1.82) is 0 Å². The van der Waals surface area contributed by atoms with Gasteiger partial charge in [-0.25, -0.2) is 0 Å². The normalized spacial score (nSPS) is 34.2. The van der Waals surface area contributed by atoms with Crippen molar-refractivity contribution in [3.8, 4) is 0 Å². The lowest BCUT2D eigenvalue weighted by Crippen LogP contribution is -2.50. The summed E-state index contributed by atoms with van der Waals surface area (Å²) >= 11 is 0. The Morgan fingerprint density at radius 3 is 3.05 bits per heavy atom. The molecule has 19 heavy (non-hydrogen) atoms. The number of benzene rings is 1. The van der Waals surface area contributed by atoms with Crippen LogP contribution in [0.1, 0.15) is 37.3 Å². The summed E-state index contributed by atoms with van der Waals surface area (Å²) in [6.07, 6.45) is 1.41. The Balaban J connectivity index is 1.68. The third-order valence-electron chi connectivity index (χ3n) is 4.84. The van der Waals surface area contributed by atoms with E-state index in [1.807, 2.05) is 0 Å². The first-order valence-corrected chi connectivity index (χ1v) is 7.34. The zero-order chi connectivity index (χ0) is 13.3.